The molecule has 0 aliphatic carbocycles. The van der Waals surface area contributed by atoms with Crippen molar-refractivity contribution in [2.75, 3.05) is 52.5 Å². The summed E-state index contributed by atoms with van der Waals surface area (Å²) < 4.78 is 45.9. The molecule has 0 aromatic heterocycles. The van der Waals surface area contributed by atoms with Crippen LogP contribution >= 0.6 is 0 Å². The summed E-state index contributed by atoms with van der Waals surface area (Å²) in [6.07, 6.45) is 3.23. The highest BCUT2D eigenvalue weighted by molar-refractivity contribution is 7.89. The van der Waals surface area contributed by atoms with Crippen molar-refractivity contribution in [2.24, 2.45) is 5.92 Å². The summed E-state index contributed by atoms with van der Waals surface area (Å²) >= 11 is 0. The van der Waals surface area contributed by atoms with Crippen LogP contribution in [0.3, 0.4) is 0 Å². The first-order valence-corrected chi connectivity index (χ1v) is 13.4. The molecule has 9 nitrogen and oxygen atoms in total. The zero-order valence-electron chi connectivity index (χ0n) is 19.5. The molecule has 2 atom stereocenters. The van der Waals surface area contributed by atoms with Crippen molar-refractivity contribution in [3.05, 3.63) is 18.2 Å². The molecule has 3 aliphatic rings. The summed E-state index contributed by atoms with van der Waals surface area (Å²) in [4.78, 5) is 17.4. The van der Waals surface area contributed by atoms with E-state index in [0.29, 0.717) is 37.8 Å². The summed E-state index contributed by atoms with van der Waals surface area (Å²) in [6, 6.07) is 3.72. The van der Waals surface area contributed by atoms with E-state index in [-0.39, 0.29) is 22.8 Å². The second-order valence-electron chi connectivity index (χ2n) is 9.26. The van der Waals surface area contributed by atoms with E-state index in [0.717, 1.165) is 45.5 Å². The quantitative estimate of drug-likeness (QED) is 0.630. The van der Waals surface area contributed by atoms with Gasteiger partial charge in [0.15, 0.2) is 11.5 Å². The molecule has 3 heterocycles. The number of hydrogen-bond acceptors (Lipinski definition) is 7. The third-order valence-electron chi connectivity index (χ3n) is 6.41. The molecule has 1 N–H and O–H groups in total. The van der Waals surface area contributed by atoms with Gasteiger partial charge < -0.3 is 19.1 Å². The molecule has 4 rings (SSSR count). The first-order valence-electron chi connectivity index (χ1n) is 11.9. The van der Waals surface area contributed by atoms with Gasteiger partial charge in [0.1, 0.15) is 6.04 Å². The predicted octanol–water partition coefficient (Wildman–Crippen LogP) is 1.47. The lowest BCUT2D eigenvalue weighted by molar-refractivity contribution is -0.136. The molecule has 184 valence electrons. The second kappa shape index (κ2) is 10.6. The van der Waals surface area contributed by atoms with Crippen molar-refractivity contribution in [3.63, 3.8) is 0 Å². The van der Waals surface area contributed by atoms with Crippen LogP contribution in [0, 0.1) is 5.92 Å². The maximum Gasteiger partial charge on any atom is 0.241 e. The Morgan fingerprint density at radius 3 is 2.45 bits per heavy atom. The molecule has 2 unspecified atom stereocenters. The molecule has 0 radical (unpaired) electrons. The lowest BCUT2D eigenvalue weighted by atomic mass is 10.0. The lowest BCUT2D eigenvalue weighted by Crippen LogP contribution is -2.56. The number of piperazine rings is 1. The predicted molar refractivity (Wildman–Crippen MR) is 123 cm³/mol. The van der Waals surface area contributed by atoms with Crippen LogP contribution < -0.4 is 14.2 Å². The zero-order valence-corrected chi connectivity index (χ0v) is 20.3. The minimum Gasteiger partial charge on any atom is -0.490 e. The SMILES string of the molecule is CC(C)C(NS(=O)(=O)c1ccc2c(c1)OCCCO2)C(=O)N1CCN(CC2CCCO2)CC1. The van der Waals surface area contributed by atoms with Crippen LogP contribution in [-0.4, -0.2) is 88.8 Å². The Hall–Kier alpha value is -1.88. The summed E-state index contributed by atoms with van der Waals surface area (Å²) in [5.74, 6) is 0.561. The molecule has 33 heavy (non-hydrogen) atoms. The number of rotatable bonds is 7. The standard InChI is InChI=1S/C23H35N3O6S/c1-17(2)22(23(27)26-10-8-25(9-11-26)16-18-5-3-12-30-18)24-33(28,29)19-6-7-20-21(15-19)32-14-4-13-31-20/h6-7,15,17-18,22,24H,3-5,8-14,16H2,1-2H3. The molecular weight excluding hydrogens is 446 g/mol. The molecule has 0 bridgehead atoms. The highest BCUT2D eigenvalue weighted by Gasteiger charge is 2.34. The van der Waals surface area contributed by atoms with Crippen molar-refractivity contribution < 1.29 is 27.4 Å². The summed E-state index contributed by atoms with van der Waals surface area (Å²) in [6.45, 7) is 9.14. The maximum atomic E-state index is 13.3. The van der Waals surface area contributed by atoms with Crippen LogP contribution in [0.1, 0.15) is 33.1 Å². The van der Waals surface area contributed by atoms with E-state index in [4.69, 9.17) is 14.2 Å². The monoisotopic (exact) mass is 481 g/mol. The highest BCUT2D eigenvalue weighted by Crippen LogP contribution is 2.32. The maximum absolute atomic E-state index is 13.3. The van der Waals surface area contributed by atoms with Gasteiger partial charge in [-0.15, -0.1) is 0 Å². The number of sulfonamides is 1. The van der Waals surface area contributed by atoms with Crippen molar-refractivity contribution in [3.8, 4) is 11.5 Å². The average Bonchev–Trinajstić information content (AvgIpc) is 3.19. The normalized spacial score (nSPS) is 22.9. The van der Waals surface area contributed by atoms with Crippen LogP contribution in [0.25, 0.3) is 0 Å². The second-order valence-corrected chi connectivity index (χ2v) is 11.0. The minimum absolute atomic E-state index is 0.0617. The van der Waals surface area contributed by atoms with E-state index in [9.17, 15) is 13.2 Å². The average molecular weight is 482 g/mol. The number of hydrogen-bond donors (Lipinski definition) is 1. The summed E-state index contributed by atoms with van der Waals surface area (Å²) in [7, 11) is -3.92. The van der Waals surface area contributed by atoms with Gasteiger partial charge in [0.25, 0.3) is 0 Å². The van der Waals surface area contributed by atoms with Gasteiger partial charge in [0, 0.05) is 51.8 Å². The fourth-order valence-corrected chi connectivity index (χ4v) is 5.79. The van der Waals surface area contributed by atoms with Crippen LogP contribution in [0.15, 0.2) is 23.1 Å². The topological polar surface area (TPSA) is 97.4 Å². The minimum atomic E-state index is -3.92. The molecule has 0 spiro atoms. The summed E-state index contributed by atoms with van der Waals surface area (Å²) in [5, 5.41) is 0. The van der Waals surface area contributed by atoms with Gasteiger partial charge in [-0.2, -0.15) is 4.72 Å². The van der Waals surface area contributed by atoms with Crippen LogP contribution in [-0.2, 0) is 19.6 Å². The molecule has 0 saturated carbocycles. The molecule has 10 heteroatoms. The third-order valence-corrected chi connectivity index (χ3v) is 7.85. The first-order chi connectivity index (χ1) is 15.8. The number of amides is 1. The Balaban J connectivity index is 1.39. The Bertz CT molecular complexity index is 924. The van der Waals surface area contributed by atoms with Gasteiger partial charge in [-0.25, -0.2) is 8.42 Å². The number of carbonyl (C=O) groups is 1. The van der Waals surface area contributed by atoms with Crippen molar-refractivity contribution >= 4 is 15.9 Å². The van der Waals surface area contributed by atoms with Gasteiger partial charge in [-0.3, -0.25) is 9.69 Å². The van der Waals surface area contributed by atoms with E-state index in [1.807, 2.05) is 13.8 Å². The van der Waals surface area contributed by atoms with Gasteiger partial charge >= 0.3 is 0 Å². The number of ether oxygens (including phenoxy) is 3. The fourth-order valence-electron chi connectivity index (χ4n) is 4.44. The zero-order chi connectivity index (χ0) is 23.4. The molecule has 1 aromatic carbocycles. The van der Waals surface area contributed by atoms with Crippen LogP contribution in [0.2, 0.25) is 0 Å². The highest BCUT2D eigenvalue weighted by atomic mass is 32.2. The number of fused-ring (bicyclic) bond motifs is 1. The van der Waals surface area contributed by atoms with Crippen molar-refractivity contribution in [1.82, 2.24) is 14.5 Å². The van der Waals surface area contributed by atoms with Crippen LogP contribution in [0.5, 0.6) is 11.5 Å². The Morgan fingerprint density at radius 1 is 1.06 bits per heavy atom. The smallest absolute Gasteiger partial charge is 0.241 e. The Kier molecular flexibility index (Phi) is 7.78. The van der Waals surface area contributed by atoms with Gasteiger partial charge in [0.2, 0.25) is 15.9 Å². The van der Waals surface area contributed by atoms with Crippen molar-refractivity contribution in [2.45, 2.75) is 50.2 Å². The molecular formula is C23H35N3O6S. The van der Waals surface area contributed by atoms with E-state index < -0.39 is 16.1 Å². The lowest BCUT2D eigenvalue weighted by Gasteiger charge is -2.38. The fraction of sp³-hybridized carbons (Fsp3) is 0.696. The number of benzene rings is 1. The van der Waals surface area contributed by atoms with Gasteiger partial charge in [-0.05, 0) is 30.9 Å². The van der Waals surface area contributed by atoms with Gasteiger partial charge in [-0.1, -0.05) is 13.8 Å². The van der Waals surface area contributed by atoms with E-state index in [2.05, 4.69) is 9.62 Å². The molecule has 3 aliphatic heterocycles. The largest absolute Gasteiger partial charge is 0.490 e. The third kappa shape index (κ3) is 5.98. The number of nitrogens with one attached hydrogen (secondary N) is 1. The van der Waals surface area contributed by atoms with E-state index in [1.54, 1.807) is 11.0 Å². The van der Waals surface area contributed by atoms with Crippen molar-refractivity contribution in [1.29, 1.82) is 0 Å². The molecule has 1 aromatic rings. The molecule has 2 fully saturated rings. The Labute approximate surface area is 196 Å². The number of carbonyl (C=O) groups excluding carboxylic acids is 1. The number of nitrogens with zero attached hydrogens (tertiary/aromatic N) is 2. The Morgan fingerprint density at radius 2 is 1.79 bits per heavy atom. The first kappa shape index (κ1) is 24.3. The van der Waals surface area contributed by atoms with E-state index in [1.165, 1.54) is 12.1 Å². The van der Waals surface area contributed by atoms with Crippen LogP contribution in [0.4, 0.5) is 0 Å². The molecule has 2 saturated heterocycles. The van der Waals surface area contributed by atoms with Gasteiger partial charge in [0.05, 0.1) is 24.2 Å². The molecule has 1 amide bonds. The summed E-state index contributed by atoms with van der Waals surface area (Å²) in [5.41, 5.74) is 0. The van der Waals surface area contributed by atoms with E-state index >= 15 is 0 Å².